The number of esters is 1. The topological polar surface area (TPSA) is 46.6 Å². The molecule has 0 aliphatic rings. The number of hydrogen-bond acceptors (Lipinski definition) is 3. The van der Waals surface area contributed by atoms with Crippen molar-refractivity contribution in [1.82, 2.24) is 4.90 Å². The summed E-state index contributed by atoms with van der Waals surface area (Å²) in [7, 11) is 0. The van der Waals surface area contributed by atoms with Gasteiger partial charge < -0.3 is 9.64 Å². The third kappa shape index (κ3) is 4.73. The van der Waals surface area contributed by atoms with Crippen LogP contribution in [0, 0.1) is 0 Å². The smallest absolute Gasteiger partial charge is 0.307 e. The number of benzene rings is 1. The molecule has 0 saturated carbocycles. The summed E-state index contributed by atoms with van der Waals surface area (Å²) >= 11 is 0. The third-order valence-electron chi connectivity index (χ3n) is 2.77. The lowest BCUT2D eigenvalue weighted by atomic mass is 10.1. The predicted molar refractivity (Wildman–Crippen MR) is 73.9 cm³/mol. The largest absolute Gasteiger partial charge is 0.466 e. The van der Waals surface area contributed by atoms with Gasteiger partial charge in [-0.15, -0.1) is 0 Å². The van der Waals surface area contributed by atoms with Crippen molar-refractivity contribution in [2.24, 2.45) is 0 Å². The Balaban J connectivity index is 2.68. The number of ether oxygens (including phenoxy) is 1. The third-order valence-corrected chi connectivity index (χ3v) is 2.77. The van der Waals surface area contributed by atoms with Crippen LogP contribution in [0.2, 0.25) is 0 Å². The van der Waals surface area contributed by atoms with Crippen molar-refractivity contribution in [2.75, 3.05) is 13.2 Å². The van der Waals surface area contributed by atoms with E-state index in [1.807, 2.05) is 32.0 Å². The van der Waals surface area contributed by atoms with E-state index in [0.29, 0.717) is 18.7 Å². The lowest BCUT2D eigenvalue weighted by molar-refractivity contribution is -0.143. The Kier molecular flexibility index (Phi) is 6.06. The lowest BCUT2D eigenvalue weighted by Crippen LogP contribution is -2.38. The zero-order valence-corrected chi connectivity index (χ0v) is 11.8. The van der Waals surface area contributed by atoms with E-state index in [1.54, 1.807) is 24.0 Å². The highest BCUT2D eigenvalue weighted by molar-refractivity contribution is 5.94. The summed E-state index contributed by atoms with van der Waals surface area (Å²) in [5, 5.41) is 0. The molecule has 0 bridgehead atoms. The van der Waals surface area contributed by atoms with E-state index < -0.39 is 0 Å². The molecular formula is C15H21NO3. The van der Waals surface area contributed by atoms with Crippen LogP contribution in [0.4, 0.5) is 0 Å². The molecule has 4 heteroatoms. The Labute approximate surface area is 114 Å². The molecule has 0 heterocycles. The molecule has 0 aromatic heterocycles. The molecule has 0 unspecified atom stereocenters. The fraction of sp³-hybridized carbons (Fsp3) is 0.467. The molecule has 1 aromatic carbocycles. The van der Waals surface area contributed by atoms with Gasteiger partial charge in [0.15, 0.2) is 0 Å². The first-order valence-corrected chi connectivity index (χ1v) is 6.58. The summed E-state index contributed by atoms with van der Waals surface area (Å²) in [5.41, 5.74) is 0.639. The average molecular weight is 263 g/mol. The van der Waals surface area contributed by atoms with Crippen LogP contribution in [0.5, 0.6) is 0 Å². The molecule has 1 aromatic rings. The minimum absolute atomic E-state index is 0.0436. The summed E-state index contributed by atoms with van der Waals surface area (Å²) in [4.78, 5) is 25.4. The normalized spacial score (nSPS) is 10.3. The maximum Gasteiger partial charge on any atom is 0.307 e. The van der Waals surface area contributed by atoms with Gasteiger partial charge in [-0.1, -0.05) is 18.2 Å². The predicted octanol–water partition coefficient (Wildman–Crippen LogP) is 2.49. The van der Waals surface area contributed by atoms with Crippen molar-refractivity contribution in [3.05, 3.63) is 35.9 Å². The second-order valence-electron chi connectivity index (χ2n) is 4.51. The maximum absolute atomic E-state index is 12.3. The van der Waals surface area contributed by atoms with Crippen molar-refractivity contribution in [3.8, 4) is 0 Å². The van der Waals surface area contributed by atoms with Gasteiger partial charge in [0, 0.05) is 18.2 Å². The zero-order chi connectivity index (χ0) is 14.3. The van der Waals surface area contributed by atoms with Crippen molar-refractivity contribution < 1.29 is 14.3 Å². The molecular weight excluding hydrogens is 242 g/mol. The second-order valence-corrected chi connectivity index (χ2v) is 4.51. The minimum Gasteiger partial charge on any atom is -0.466 e. The van der Waals surface area contributed by atoms with Crippen LogP contribution in [0.1, 0.15) is 37.6 Å². The molecule has 0 aliphatic carbocycles. The quantitative estimate of drug-likeness (QED) is 0.741. The second kappa shape index (κ2) is 7.56. The molecule has 19 heavy (non-hydrogen) atoms. The summed E-state index contributed by atoms with van der Waals surface area (Å²) in [6, 6.07) is 9.13. The van der Waals surface area contributed by atoms with Crippen molar-refractivity contribution in [1.29, 1.82) is 0 Å². The Morgan fingerprint density at radius 1 is 1.21 bits per heavy atom. The van der Waals surface area contributed by atoms with Gasteiger partial charge in [-0.25, -0.2) is 0 Å². The number of hydrogen-bond donors (Lipinski definition) is 0. The van der Waals surface area contributed by atoms with Gasteiger partial charge in [0.1, 0.15) is 0 Å². The minimum atomic E-state index is -0.269. The first kappa shape index (κ1) is 15.2. The van der Waals surface area contributed by atoms with Gasteiger partial charge in [-0.05, 0) is 32.9 Å². The molecule has 0 atom stereocenters. The molecule has 0 fully saturated rings. The molecule has 0 radical (unpaired) electrons. The van der Waals surface area contributed by atoms with E-state index >= 15 is 0 Å². The van der Waals surface area contributed by atoms with Gasteiger partial charge in [-0.2, -0.15) is 0 Å². The van der Waals surface area contributed by atoms with Crippen LogP contribution < -0.4 is 0 Å². The lowest BCUT2D eigenvalue weighted by Gasteiger charge is -2.26. The summed E-state index contributed by atoms with van der Waals surface area (Å²) in [6.45, 7) is 6.39. The highest BCUT2D eigenvalue weighted by atomic mass is 16.5. The molecule has 0 saturated heterocycles. The fourth-order valence-electron chi connectivity index (χ4n) is 1.79. The monoisotopic (exact) mass is 263 g/mol. The van der Waals surface area contributed by atoms with E-state index in [-0.39, 0.29) is 24.3 Å². The highest BCUT2D eigenvalue weighted by Gasteiger charge is 2.19. The fourth-order valence-corrected chi connectivity index (χ4v) is 1.79. The van der Waals surface area contributed by atoms with Crippen LogP contribution in [0.3, 0.4) is 0 Å². The van der Waals surface area contributed by atoms with Crippen LogP contribution in [-0.2, 0) is 9.53 Å². The van der Waals surface area contributed by atoms with Gasteiger partial charge in [0.05, 0.1) is 13.0 Å². The number of nitrogens with zero attached hydrogens (tertiary/aromatic N) is 1. The molecule has 1 rings (SSSR count). The van der Waals surface area contributed by atoms with E-state index in [1.165, 1.54) is 0 Å². The van der Waals surface area contributed by atoms with Gasteiger partial charge in [-0.3, -0.25) is 9.59 Å². The molecule has 0 spiro atoms. The maximum atomic E-state index is 12.3. The summed E-state index contributed by atoms with van der Waals surface area (Å²) in [5.74, 6) is -0.325. The number of rotatable bonds is 6. The summed E-state index contributed by atoms with van der Waals surface area (Å²) < 4.78 is 4.88. The Morgan fingerprint density at radius 3 is 2.37 bits per heavy atom. The molecule has 0 aliphatic heterocycles. The molecule has 1 amide bonds. The highest BCUT2D eigenvalue weighted by Crippen LogP contribution is 2.09. The van der Waals surface area contributed by atoms with Crippen molar-refractivity contribution in [2.45, 2.75) is 33.2 Å². The Hall–Kier alpha value is -1.84. The van der Waals surface area contributed by atoms with Crippen LogP contribution in [-0.4, -0.2) is 36.0 Å². The van der Waals surface area contributed by atoms with Gasteiger partial charge in [0.25, 0.3) is 5.91 Å². The Morgan fingerprint density at radius 2 is 1.84 bits per heavy atom. The number of amides is 1. The van der Waals surface area contributed by atoms with E-state index in [9.17, 15) is 9.59 Å². The van der Waals surface area contributed by atoms with Crippen LogP contribution >= 0.6 is 0 Å². The van der Waals surface area contributed by atoms with Gasteiger partial charge >= 0.3 is 5.97 Å². The van der Waals surface area contributed by atoms with Crippen molar-refractivity contribution in [3.63, 3.8) is 0 Å². The molecule has 4 nitrogen and oxygen atoms in total. The van der Waals surface area contributed by atoms with E-state index in [2.05, 4.69) is 0 Å². The Bertz CT molecular complexity index is 415. The van der Waals surface area contributed by atoms with Crippen molar-refractivity contribution >= 4 is 11.9 Å². The molecule has 0 N–H and O–H groups in total. The van der Waals surface area contributed by atoms with E-state index in [0.717, 1.165) is 0 Å². The first-order valence-electron chi connectivity index (χ1n) is 6.58. The average Bonchev–Trinajstić information content (AvgIpc) is 2.39. The number of carbonyl (C=O) groups excluding carboxylic acids is 2. The van der Waals surface area contributed by atoms with Gasteiger partial charge in [0.2, 0.25) is 0 Å². The first-order chi connectivity index (χ1) is 9.06. The standard InChI is InChI=1S/C15H21NO3/c1-4-19-14(17)10-11-16(12(2)3)15(18)13-8-6-5-7-9-13/h5-9,12H,4,10-11H2,1-3H3. The SMILES string of the molecule is CCOC(=O)CCN(C(=O)c1ccccc1)C(C)C. The summed E-state index contributed by atoms with van der Waals surface area (Å²) in [6.07, 6.45) is 0.227. The van der Waals surface area contributed by atoms with Crippen LogP contribution in [0.25, 0.3) is 0 Å². The molecule has 104 valence electrons. The number of carbonyl (C=O) groups is 2. The van der Waals surface area contributed by atoms with E-state index in [4.69, 9.17) is 4.74 Å². The van der Waals surface area contributed by atoms with Crippen LogP contribution in [0.15, 0.2) is 30.3 Å². The zero-order valence-electron chi connectivity index (χ0n) is 11.8.